The first kappa shape index (κ1) is 25.3. The molecule has 34 heavy (non-hydrogen) atoms. The fraction of sp³-hybridized carbons (Fsp3) is 0.731. The number of rotatable bonds is 7. The van der Waals surface area contributed by atoms with Gasteiger partial charge in [0.1, 0.15) is 6.04 Å². The van der Waals surface area contributed by atoms with Crippen molar-refractivity contribution in [2.24, 2.45) is 17.8 Å². The van der Waals surface area contributed by atoms with E-state index in [0.29, 0.717) is 26.0 Å². The molecule has 0 radical (unpaired) electrons. The predicted octanol–water partition coefficient (Wildman–Crippen LogP) is 2.78. The summed E-state index contributed by atoms with van der Waals surface area (Å²) in [6, 6.07) is -1.19. The molecule has 0 bridgehead atoms. The van der Waals surface area contributed by atoms with E-state index in [1.165, 1.54) is 0 Å². The lowest BCUT2D eigenvalue weighted by atomic mass is 9.78. The minimum absolute atomic E-state index is 0.0379. The van der Waals surface area contributed by atoms with Crippen molar-refractivity contribution < 1.29 is 24.2 Å². The summed E-state index contributed by atoms with van der Waals surface area (Å²) < 4.78 is 4.66. The number of amides is 2. The second-order valence-electron chi connectivity index (χ2n) is 10.5. The number of hydrogen-bond acceptors (Lipinski definition) is 6. The molecule has 2 amide bonds. The Kier molecular flexibility index (Phi) is 7.48. The van der Waals surface area contributed by atoms with Gasteiger partial charge in [0.05, 0.1) is 35.8 Å². The van der Waals surface area contributed by atoms with E-state index in [9.17, 15) is 19.5 Å². The van der Waals surface area contributed by atoms with E-state index in [2.05, 4.69) is 13.8 Å². The number of fused-ring (bicyclic) bond motifs is 2. The minimum atomic E-state index is -0.859. The van der Waals surface area contributed by atoms with Gasteiger partial charge in [0.15, 0.2) is 0 Å². The van der Waals surface area contributed by atoms with Crippen LogP contribution in [0, 0.1) is 17.8 Å². The Balaban J connectivity index is 1.84. The summed E-state index contributed by atoms with van der Waals surface area (Å²) in [5.41, 5.74) is 0. The molecular formula is C26H38N2O5S. The Bertz CT molecular complexity index is 873. The number of carbonyl (C=O) groups excluding carboxylic acids is 3. The van der Waals surface area contributed by atoms with Crippen molar-refractivity contribution in [1.29, 1.82) is 0 Å². The van der Waals surface area contributed by atoms with Crippen LogP contribution in [0.2, 0.25) is 0 Å². The molecule has 4 aliphatic heterocycles. The molecule has 0 aliphatic carbocycles. The van der Waals surface area contributed by atoms with Crippen LogP contribution < -0.4 is 0 Å². The zero-order valence-electron chi connectivity index (χ0n) is 20.7. The van der Waals surface area contributed by atoms with Crippen LogP contribution in [0.3, 0.4) is 0 Å². The number of likely N-dealkylation sites (tertiary alicyclic amines) is 1. The summed E-state index contributed by atoms with van der Waals surface area (Å²) >= 11 is 1.56. The molecule has 4 heterocycles. The van der Waals surface area contributed by atoms with E-state index < -0.39 is 28.7 Å². The molecule has 7 nitrogen and oxygen atoms in total. The molecule has 7 atom stereocenters. The average Bonchev–Trinajstić information content (AvgIpc) is 3.16. The Morgan fingerprint density at radius 3 is 2.65 bits per heavy atom. The lowest BCUT2D eigenvalue weighted by Gasteiger charge is -2.40. The molecular weight excluding hydrogens is 452 g/mol. The third-order valence-corrected chi connectivity index (χ3v) is 9.42. The van der Waals surface area contributed by atoms with Gasteiger partial charge in [0.25, 0.3) is 0 Å². The Hall–Kier alpha value is -1.80. The molecule has 1 N–H and O–H groups in total. The highest BCUT2D eigenvalue weighted by Gasteiger charge is 2.71. The summed E-state index contributed by atoms with van der Waals surface area (Å²) in [5, 5.41) is 10.1. The summed E-state index contributed by atoms with van der Waals surface area (Å²) in [6.45, 7) is 8.82. The third kappa shape index (κ3) is 4.11. The van der Waals surface area contributed by atoms with Gasteiger partial charge in [-0.25, -0.2) is 0 Å². The summed E-state index contributed by atoms with van der Waals surface area (Å²) in [6.07, 6.45) is 11.1. The molecule has 2 saturated heterocycles. The average molecular weight is 491 g/mol. The smallest absolute Gasteiger partial charge is 0.311 e. The maximum absolute atomic E-state index is 14.2. The number of thioether (sulfide) groups is 1. The fourth-order valence-electron chi connectivity index (χ4n) is 6.25. The summed E-state index contributed by atoms with van der Waals surface area (Å²) in [4.78, 5) is 45.1. The normalized spacial score (nSPS) is 34.8. The zero-order chi connectivity index (χ0) is 24.6. The quantitative estimate of drug-likeness (QED) is 0.436. The number of carbonyl (C=O) groups is 3. The molecule has 2 fully saturated rings. The van der Waals surface area contributed by atoms with E-state index in [-0.39, 0.29) is 41.6 Å². The lowest BCUT2D eigenvalue weighted by Crippen LogP contribution is -2.58. The predicted molar refractivity (Wildman–Crippen MR) is 132 cm³/mol. The largest absolute Gasteiger partial charge is 0.465 e. The van der Waals surface area contributed by atoms with Gasteiger partial charge in [0.2, 0.25) is 11.8 Å². The molecule has 0 saturated carbocycles. The fourth-order valence-corrected chi connectivity index (χ4v) is 8.24. The van der Waals surface area contributed by atoms with Crippen molar-refractivity contribution in [3.63, 3.8) is 0 Å². The van der Waals surface area contributed by atoms with Crippen LogP contribution in [0.5, 0.6) is 0 Å². The highest BCUT2D eigenvalue weighted by molar-refractivity contribution is 8.02. The third-order valence-electron chi connectivity index (χ3n) is 7.68. The van der Waals surface area contributed by atoms with Crippen LogP contribution in [0.4, 0.5) is 0 Å². The molecule has 1 spiro atoms. The van der Waals surface area contributed by atoms with E-state index in [1.54, 1.807) is 16.7 Å². The van der Waals surface area contributed by atoms with Crippen LogP contribution in [0.15, 0.2) is 24.3 Å². The van der Waals surface area contributed by atoms with E-state index in [0.717, 1.165) is 12.8 Å². The number of nitrogens with zero attached hydrogens (tertiary/aromatic N) is 2. The van der Waals surface area contributed by atoms with Crippen molar-refractivity contribution in [2.75, 3.05) is 19.8 Å². The summed E-state index contributed by atoms with van der Waals surface area (Å²) in [7, 11) is 0. The number of ether oxygens (including phenoxy) is 1. The molecule has 2 unspecified atom stereocenters. The lowest BCUT2D eigenvalue weighted by molar-refractivity contribution is -0.154. The second kappa shape index (κ2) is 10.1. The van der Waals surface area contributed by atoms with Crippen molar-refractivity contribution in [2.45, 2.75) is 81.5 Å². The van der Waals surface area contributed by atoms with Crippen LogP contribution in [0.25, 0.3) is 0 Å². The standard InChI is InChI=1S/C26H38N2O5S/c1-5-9-17(4)27-12-8-11-26-21(20-19(34-26)10-6-7-13-33-25(20)32)23(30)28(22(26)24(27)31)18(15-29)14-16(2)3/h6,8,10-11,16-22,29H,5,7,9,12-15H2,1-4H3/t17?,18-,19-,20+,21+,22?,26+/m1/s1. The van der Waals surface area contributed by atoms with E-state index in [4.69, 9.17) is 4.74 Å². The van der Waals surface area contributed by atoms with Gasteiger partial charge in [-0.05, 0) is 32.1 Å². The molecule has 0 aromatic carbocycles. The first-order valence-electron chi connectivity index (χ1n) is 12.7. The van der Waals surface area contributed by atoms with Crippen molar-refractivity contribution >= 4 is 29.5 Å². The van der Waals surface area contributed by atoms with Gasteiger partial charge in [0, 0.05) is 17.8 Å². The Morgan fingerprint density at radius 1 is 1.21 bits per heavy atom. The number of hydrogen-bond donors (Lipinski definition) is 1. The number of esters is 1. The van der Waals surface area contributed by atoms with Gasteiger partial charge in [-0.15, -0.1) is 11.8 Å². The van der Waals surface area contributed by atoms with E-state index >= 15 is 0 Å². The molecule has 0 aromatic heterocycles. The highest BCUT2D eigenvalue weighted by atomic mass is 32.2. The first-order chi connectivity index (χ1) is 16.3. The second-order valence-corrected chi connectivity index (χ2v) is 12.0. The zero-order valence-corrected chi connectivity index (χ0v) is 21.5. The van der Waals surface area contributed by atoms with Gasteiger partial charge < -0.3 is 19.6 Å². The highest BCUT2D eigenvalue weighted by Crippen LogP contribution is 2.61. The minimum Gasteiger partial charge on any atom is -0.465 e. The van der Waals surface area contributed by atoms with Crippen LogP contribution in [-0.4, -0.2) is 80.6 Å². The molecule has 188 valence electrons. The van der Waals surface area contributed by atoms with Crippen LogP contribution in [-0.2, 0) is 19.1 Å². The maximum Gasteiger partial charge on any atom is 0.311 e. The SMILES string of the molecule is CCCC(C)N1CC=C[C@]23S[C@@H]4C=CCCOC(=O)[C@@H]4[C@H]2C(=O)N([C@@H](CO)CC(C)C)C3C1=O. The topological polar surface area (TPSA) is 87.2 Å². The maximum atomic E-state index is 14.2. The van der Waals surface area contributed by atoms with Crippen LogP contribution >= 0.6 is 11.8 Å². The Labute approximate surface area is 206 Å². The van der Waals surface area contributed by atoms with Gasteiger partial charge >= 0.3 is 5.97 Å². The molecule has 8 heteroatoms. The van der Waals surface area contributed by atoms with Gasteiger partial charge in [-0.3, -0.25) is 14.4 Å². The molecule has 4 rings (SSSR count). The number of aliphatic hydroxyl groups excluding tert-OH is 1. The molecule has 0 aromatic rings. The summed E-state index contributed by atoms with van der Waals surface area (Å²) in [5.74, 6) is -1.74. The van der Waals surface area contributed by atoms with Crippen LogP contribution in [0.1, 0.15) is 53.4 Å². The number of aliphatic hydroxyl groups is 1. The monoisotopic (exact) mass is 490 g/mol. The van der Waals surface area contributed by atoms with Gasteiger partial charge in [-0.1, -0.05) is 51.5 Å². The van der Waals surface area contributed by atoms with Crippen molar-refractivity contribution in [3.8, 4) is 0 Å². The van der Waals surface area contributed by atoms with Gasteiger partial charge in [-0.2, -0.15) is 0 Å². The Morgan fingerprint density at radius 2 is 1.97 bits per heavy atom. The molecule has 4 aliphatic rings. The van der Waals surface area contributed by atoms with E-state index in [1.807, 2.05) is 43.1 Å². The first-order valence-corrected chi connectivity index (χ1v) is 13.6. The van der Waals surface area contributed by atoms with Crippen molar-refractivity contribution in [3.05, 3.63) is 24.3 Å². The number of cyclic esters (lactones) is 1. The van der Waals surface area contributed by atoms with Crippen molar-refractivity contribution in [1.82, 2.24) is 9.80 Å².